The molecular formula is C37H27N3. The minimum absolute atomic E-state index is 0.694. The van der Waals surface area contributed by atoms with Crippen LogP contribution < -0.4 is 0 Å². The number of nitrogens with zero attached hydrogens (tertiary/aromatic N) is 3. The summed E-state index contributed by atoms with van der Waals surface area (Å²) in [5, 5.41) is 4.97. The van der Waals surface area contributed by atoms with Gasteiger partial charge in [0.2, 0.25) is 0 Å². The molecule has 0 amide bonds. The van der Waals surface area contributed by atoms with Crippen molar-refractivity contribution in [1.82, 2.24) is 15.0 Å². The molecule has 0 saturated heterocycles. The summed E-state index contributed by atoms with van der Waals surface area (Å²) in [6, 6.07) is 45.6. The van der Waals surface area contributed by atoms with Gasteiger partial charge in [0.1, 0.15) is 11.6 Å². The third kappa shape index (κ3) is 4.42. The number of rotatable bonds is 4. The van der Waals surface area contributed by atoms with Crippen molar-refractivity contribution in [2.75, 3.05) is 0 Å². The number of hydrogen-bond acceptors (Lipinski definition) is 3. The van der Waals surface area contributed by atoms with Gasteiger partial charge in [0.05, 0.1) is 0 Å². The van der Waals surface area contributed by atoms with E-state index in [0.29, 0.717) is 5.82 Å². The second kappa shape index (κ2) is 9.87. The van der Waals surface area contributed by atoms with Gasteiger partial charge in [-0.2, -0.15) is 0 Å². The molecule has 1 aromatic heterocycles. The number of fused-ring (bicyclic) bond motifs is 3. The highest BCUT2D eigenvalue weighted by Crippen LogP contribution is 2.38. The Bertz CT molecular complexity index is 1990. The summed E-state index contributed by atoms with van der Waals surface area (Å²) in [7, 11) is 0. The third-order valence-corrected chi connectivity index (χ3v) is 7.45. The fourth-order valence-electron chi connectivity index (χ4n) is 5.60. The van der Waals surface area contributed by atoms with E-state index in [1.54, 1.807) is 0 Å². The lowest BCUT2D eigenvalue weighted by Crippen LogP contribution is -1.99. The molecule has 0 aliphatic carbocycles. The van der Waals surface area contributed by atoms with Crippen LogP contribution in [0.1, 0.15) is 11.6 Å². The molecule has 0 bridgehead atoms. The van der Waals surface area contributed by atoms with Crippen LogP contribution in [0.15, 0.2) is 127 Å². The molecule has 7 aromatic rings. The van der Waals surface area contributed by atoms with Gasteiger partial charge in [0.15, 0.2) is 5.82 Å². The van der Waals surface area contributed by atoms with Gasteiger partial charge in [0, 0.05) is 5.56 Å². The van der Waals surface area contributed by atoms with Crippen LogP contribution in [0, 0.1) is 13.8 Å². The Hall–Kier alpha value is -5.15. The number of aromatic nitrogens is 3. The summed E-state index contributed by atoms with van der Waals surface area (Å²) in [4.78, 5) is 13.8. The van der Waals surface area contributed by atoms with Gasteiger partial charge in [-0.25, -0.2) is 15.0 Å². The highest BCUT2D eigenvalue weighted by molar-refractivity contribution is 6.14. The minimum Gasteiger partial charge on any atom is -0.219 e. The molecule has 7 rings (SSSR count). The molecule has 0 atom stereocenters. The van der Waals surface area contributed by atoms with E-state index in [9.17, 15) is 0 Å². The van der Waals surface area contributed by atoms with E-state index in [1.807, 2.05) is 19.9 Å². The largest absolute Gasteiger partial charge is 0.219 e. The van der Waals surface area contributed by atoms with Crippen LogP contribution in [-0.2, 0) is 0 Å². The molecule has 0 saturated carbocycles. The van der Waals surface area contributed by atoms with Crippen LogP contribution in [0.25, 0.3) is 66.3 Å². The van der Waals surface area contributed by atoms with Crippen molar-refractivity contribution in [3.63, 3.8) is 0 Å². The van der Waals surface area contributed by atoms with Crippen molar-refractivity contribution >= 4 is 21.5 Å². The summed E-state index contributed by atoms with van der Waals surface area (Å²) < 4.78 is 0. The Labute approximate surface area is 233 Å². The lowest BCUT2D eigenvalue weighted by molar-refractivity contribution is 0.928. The zero-order valence-electron chi connectivity index (χ0n) is 22.5. The van der Waals surface area contributed by atoms with Crippen LogP contribution in [0.2, 0.25) is 0 Å². The van der Waals surface area contributed by atoms with Crippen molar-refractivity contribution < 1.29 is 0 Å². The zero-order chi connectivity index (χ0) is 27.1. The standard InChI is InChI=1S/C37H27N3/c1-24-38-25(2)40-37(39-24)32-21-30(28-18-16-27(17-19-28)26-10-4-3-5-11-26)20-31(22-32)36-23-29-12-6-7-13-33(29)34-14-8-9-15-35(34)36/h3-23H,1-2H3. The SMILES string of the molecule is Cc1nc(C)nc(-c2cc(-c3ccc(-c4ccccc4)cc3)cc(-c3cc4ccccc4c4ccccc34)c2)n1. The zero-order valence-corrected chi connectivity index (χ0v) is 22.5. The summed E-state index contributed by atoms with van der Waals surface area (Å²) >= 11 is 0. The van der Waals surface area contributed by atoms with Gasteiger partial charge in [-0.15, -0.1) is 0 Å². The van der Waals surface area contributed by atoms with E-state index >= 15 is 0 Å². The van der Waals surface area contributed by atoms with E-state index in [2.05, 4.69) is 126 Å². The van der Waals surface area contributed by atoms with Crippen LogP contribution >= 0.6 is 0 Å². The molecule has 0 radical (unpaired) electrons. The minimum atomic E-state index is 0.694. The smallest absolute Gasteiger partial charge is 0.163 e. The predicted octanol–water partition coefficient (Wildman–Crippen LogP) is 9.46. The summed E-state index contributed by atoms with van der Waals surface area (Å²) in [5.41, 5.74) is 7.99. The second-order valence-electron chi connectivity index (χ2n) is 10.2. The topological polar surface area (TPSA) is 38.7 Å². The monoisotopic (exact) mass is 513 g/mol. The molecule has 3 heteroatoms. The third-order valence-electron chi connectivity index (χ3n) is 7.45. The van der Waals surface area contributed by atoms with Crippen molar-refractivity contribution in [3.05, 3.63) is 139 Å². The molecule has 0 unspecified atom stereocenters. The molecule has 1 heterocycles. The molecular weight excluding hydrogens is 486 g/mol. The van der Waals surface area contributed by atoms with Crippen molar-refractivity contribution in [1.29, 1.82) is 0 Å². The van der Waals surface area contributed by atoms with E-state index in [1.165, 1.54) is 38.2 Å². The maximum atomic E-state index is 4.72. The van der Waals surface area contributed by atoms with E-state index in [-0.39, 0.29) is 0 Å². The summed E-state index contributed by atoms with van der Waals surface area (Å²) in [6.07, 6.45) is 0. The molecule has 3 nitrogen and oxygen atoms in total. The Morgan fingerprint density at radius 1 is 0.375 bits per heavy atom. The molecule has 0 fully saturated rings. The van der Waals surface area contributed by atoms with Crippen molar-refractivity contribution in [2.24, 2.45) is 0 Å². The van der Waals surface area contributed by atoms with Crippen LogP contribution in [-0.4, -0.2) is 15.0 Å². The lowest BCUT2D eigenvalue weighted by Gasteiger charge is -2.15. The first-order valence-corrected chi connectivity index (χ1v) is 13.5. The Balaban J connectivity index is 1.46. The maximum Gasteiger partial charge on any atom is 0.163 e. The molecule has 40 heavy (non-hydrogen) atoms. The molecule has 190 valence electrons. The number of benzene rings is 6. The van der Waals surface area contributed by atoms with E-state index in [0.717, 1.165) is 33.9 Å². The van der Waals surface area contributed by atoms with E-state index < -0.39 is 0 Å². The molecule has 6 aromatic carbocycles. The average molecular weight is 514 g/mol. The van der Waals surface area contributed by atoms with Gasteiger partial charge in [-0.05, 0) is 93.0 Å². The van der Waals surface area contributed by atoms with Gasteiger partial charge in [0.25, 0.3) is 0 Å². The van der Waals surface area contributed by atoms with Gasteiger partial charge in [-0.1, -0.05) is 103 Å². The maximum absolute atomic E-state index is 4.72. The van der Waals surface area contributed by atoms with Crippen LogP contribution in [0.5, 0.6) is 0 Å². The Kier molecular flexibility index (Phi) is 5.90. The normalized spacial score (nSPS) is 11.2. The van der Waals surface area contributed by atoms with Crippen molar-refractivity contribution in [3.8, 4) is 44.8 Å². The number of hydrogen-bond donors (Lipinski definition) is 0. The van der Waals surface area contributed by atoms with Crippen LogP contribution in [0.4, 0.5) is 0 Å². The average Bonchev–Trinajstić information content (AvgIpc) is 3.00. The van der Waals surface area contributed by atoms with E-state index in [4.69, 9.17) is 9.97 Å². The fourth-order valence-corrected chi connectivity index (χ4v) is 5.60. The van der Waals surface area contributed by atoms with Gasteiger partial charge in [-0.3, -0.25) is 0 Å². The Morgan fingerprint density at radius 2 is 0.900 bits per heavy atom. The summed E-state index contributed by atoms with van der Waals surface area (Å²) in [5.74, 6) is 2.13. The second-order valence-corrected chi connectivity index (χ2v) is 10.2. The first kappa shape index (κ1) is 23.9. The molecule has 0 spiro atoms. The van der Waals surface area contributed by atoms with Gasteiger partial charge >= 0.3 is 0 Å². The molecule has 0 N–H and O–H groups in total. The number of aryl methyl sites for hydroxylation is 2. The lowest BCUT2D eigenvalue weighted by atomic mass is 9.90. The quantitative estimate of drug-likeness (QED) is 0.220. The molecule has 0 aliphatic rings. The predicted molar refractivity (Wildman–Crippen MR) is 166 cm³/mol. The van der Waals surface area contributed by atoms with Crippen LogP contribution in [0.3, 0.4) is 0 Å². The first-order valence-electron chi connectivity index (χ1n) is 13.5. The molecule has 0 aliphatic heterocycles. The first-order chi connectivity index (χ1) is 19.6. The highest BCUT2D eigenvalue weighted by Gasteiger charge is 2.14. The summed E-state index contributed by atoms with van der Waals surface area (Å²) in [6.45, 7) is 3.84. The highest BCUT2D eigenvalue weighted by atomic mass is 15.0. The van der Waals surface area contributed by atoms with Crippen molar-refractivity contribution in [2.45, 2.75) is 13.8 Å². The Morgan fingerprint density at radius 3 is 1.62 bits per heavy atom. The van der Waals surface area contributed by atoms with Gasteiger partial charge < -0.3 is 0 Å². The fraction of sp³-hybridized carbons (Fsp3) is 0.0541.